The monoisotopic (exact) mass is 518 g/mol. The van der Waals surface area contributed by atoms with E-state index in [2.05, 4.69) is 10.6 Å². The van der Waals surface area contributed by atoms with E-state index in [1.165, 1.54) is 12.0 Å². The summed E-state index contributed by atoms with van der Waals surface area (Å²) in [5, 5.41) is 5.04. The number of amides is 4. The third-order valence-corrected chi connectivity index (χ3v) is 4.66. The number of anilines is 2. The first-order chi connectivity index (χ1) is 16.5. The van der Waals surface area contributed by atoms with E-state index in [9.17, 15) is 14.4 Å². The summed E-state index contributed by atoms with van der Waals surface area (Å²) in [6, 6.07) is 4.45. The number of ether oxygens (including phenoxy) is 5. The molecule has 12 nitrogen and oxygen atoms in total. The van der Waals surface area contributed by atoms with Gasteiger partial charge in [-0.3, -0.25) is 19.8 Å². The standard InChI is InChI=1S/C22H34N4O8.ClH/c1-30-19-16-17(2-3-18(19)26-7-4-20(27)25-22(26)29)24-21(28)5-8-31-10-12-33-14-15-34-13-11-32-9-6-23;/h2-3,16H,4-15,23H2,1H3,(H,24,28)(H,25,27,29);1H. The Kier molecular flexibility index (Phi) is 15.6. The minimum absolute atomic E-state index is 0. The molecule has 4 N–H and O–H groups in total. The molecule has 0 atom stereocenters. The first kappa shape index (κ1) is 30.6. The van der Waals surface area contributed by atoms with E-state index < -0.39 is 6.03 Å². The molecular weight excluding hydrogens is 484 g/mol. The van der Waals surface area contributed by atoms with Crippen LogP contribution in [0, 0.1) is 0 Å². The van der Waals surface area contributed by atoms with Gasteiger partial charge in [0.2, 0.25) is 11.8 Å². The van der Waals surface area contributed by atoms with Gasteiger partial charge >= 0.3 is 6.03 Å². The molecule has 0 radical (unpaired) electrons. The van der Waals surface area contributed by atoms with Crippen LogP contribution in [0.2, 0.25) is 0 Å². The van der Waals surface area contributed by atoms with Crippen LogP contribution in [0.5, 0.6) is 5.75 Å². The van der Waals surface area contributed by atoms with Crippen molar-refractivity contribution < 1.29 is 38.1 Å². The van der Waals surface area contributed by atoms with Gasteiger partial charge in [0.1, 0.15) is 5.75 Å². The molecule has 1 fully saturated rings. The Balaban J connectivity index is 0.00000612. The fraction of sp³-hybridized carbons (Fsp3) is 0.591. The van der Waals surface area contributed by atoms with Gasteiger partial charge in [0, 0.05) is 31.3 Å². The van der Waals surface area contributed by atoms with E-state index >= 15 is 0 Å². The van der Waals surface area contributed by atoms with E-state index in [0.29, 0.717) is 69.9 Å². The van der Waals surface area contributed by atoms with Gasteiger partial charge in [-0.25, -0.2) is 4.79 Å². The summed E-state index contributed by atoms with van der Waals surface area (Å²) in [7, 11) is 1.47. The zero-order valence-electron chi connectivity index (χ0n) is 19.9. The van der Waals surface area contributed by atoms with E-state index in [4.69, 9.17) is 29.4 Å². The predicted octanol–water partition coefficient (Wildman–Crippen LogP) is 0.917. The van der Waals surface area contributed by atoms with E-state index in [1.807, 2.05) is 0 Å². The number of rotatable bonds is 17. The summed E-state index contributed by atoms with van der Waals surface area (Å²) < 4.78 is 26.7. The maximum atomic E-state index is 12.2. The second-order valence-corrected chi connectivity index (χ2v) is 7.18. The number of hydrogen-bond donors (Lipinski definition) is 3. The molecule has 198 valence electrons. The first-order valence-corrected chi connectivity index (χ1v) is 11.2. The lowest BCUT2D eigenvalue weighted by Crippen LogP contribution is -2.49. The largest absolute Gasteiger partial charge is 0.494 e. The van der Waals surface area contributed by atoms with Crippen LogP contribution in [0.1, 0.15) is 12.8 Å². The molecule has 0 bridgehead atoms. The van der Waals surface area contributed by atoms with Crippen LogP contribution in [0.15, 0.2) is 18.2 Å². The average molecular weight is 519 g/mol. The van der Waals surface area contributed by atoms with Gasteiger partial charge in [0.25, 0.3) is 0 Å². The van der Waals surface area contributed by atoms with Crippen molar-refractivity contribution >= 4 is 41.6 Å². The Bertz CT molecular complexity index is 799. The Hall–Kier alpha value is -2.48. The Morgan fingerprint density at radius 3 is 2.17 bits per heavy atom. The molecule has 0 spiro atoms. The molecule has 35 heavy (non-hydrogen) atoms. The fourth-order valence-corrected chi connectivity index (χ4v) is 3.01. The van der Waals surface area contributed by atoms with Gasteiger partial charge in [0.05, 0.1) is 72.1 Å². The molecule has 1 saturated heterocycles. The van der Waals surface area contributed by atoms with Gasteiger partial charge in [-0.1, -0.05) is 0 Å². The Morgan fingerprint density at radius 2 is 1.60 bits per heavy atom. The van der Waals surface area contributed by atoms with Crippen LogP contribution >= 0.6 is 12.4 Å². The molecule has 0 unspecified atom stereocenters. The topological polar surface area (TPSA) is 151 Å². The second kappa shape index (κ2) is 17.9. The highest BCUT2D eigenvalue weighted by Crippen LogP contribution is 2.32. The SMILES string of the molecule is COc1cc(NC(=O)CCOCCOCCOCCOCCN)ccc1N1CCC(=O)NC1=O.Cl. The molecule has 0 saturated carbocycles. The van der Waals surface area contributed by atoms with Crippen LogP contribution < -0.4 is 26.0 Å². The van der Waals surface area contributed by atoms with Gasteiger partial charge in [-0.05, 0) is 12.1 Å². The zero-order valence-corrected chi connectivity index (χ0v) is 20.7. The number of benzene rings is 1. The Morgan fingerprint density at radius 1 is 1.00 bits per heavy atom. The van der Waals surface area contributed by atoms with Crippen LogP contribution in [-0.2, 0) is 28.5 Å². The summed E-state index contributed by atoms with van der Waals surface area (Å²) in [6.07, 6.45) is 0.379. The van der Waals surface area contributed by atoms with Gasteiger partial charge < -0.3 is 34.7 Å². The fourth-order valence-electron chi connectivity index (χ4n) is 3.01. The number of carbonyl (C=O) groups excluding carboxylic acids is 3. The lowest BCUT2D eigenvalue weighted by Gasteiger charge is -2.28. The van der Waals surface area contributed by atoms with Gasteiger partial charge in [0.15, 0.2) is 0 Å². The van der Waals surface area contributed by atoms with E-state index in [1.54, 1.807) is 18.2 Å². The normalized spacial score (nSPS) is 13.3. The highest BCUT2D eigenvalue weighted by molar-refractivity contribution is 6.06. The summed E-state index contributed by atoms with van der Waals surface area (Å²) in [6.45, 7) is 4.24. The van der Waals surface area contributed by atoms with Crippen molar-refractivity contribution in [3.8, 4) is 5.75 Å². The molecule has 0 aromatic heterocycles. The molecule has 4 amide bonds. The van der Waals surface area contributed by atoms with Crippen molar-refractivity contribution in [2.45, 2.75) is 12.8 Å². The first-order valence-electron chi connectivity index (χ1n) is 11.2. The van der Waals surface area contributed by atoms with Gasteiger partial charge in [-0.2, -0.15) is 0 Å². The molecule has 1 aliphatic heterocycles. The van der Waals surface area contributed by atoms with Crippen LogP contribution in [0.25, 0.3) is 0 Å². The lowest BCUT2D eigenvalue weighted by atomic mass is 10.2. The van der Waals surface area contributed by atoms with Crippen molar-refractivity contribution in [3.63, 3.8) is 0 Å². The molecule has 1 aliphatic rings. The highest BCUT2D eigenvalue weighted by Gasteiger charge is 2.26. The number of carbonyl (C=O) groups is 3. The molecule has 2 rings (SSSR count). The maximum Gasteiger partial charge on any atom is 0.328 e. The highest BCUT2D eigenvalue weighted by atomic mass is 35.5. The summed E-state index contributed by atoms with van der Waals surface area (Å²) >= 11 is 0. The molecular formula is C22H35ClN4O8. The zero-order chi connectivity index (χ0) is 24.6. The van der Waals surface area contributed by atoms with Crippen molar-refractivity contribution in [1.82, 2.24) is 5.32 Å². The van der Waals surface area contributed by atoms with Crippen LogP contribution in [-0.4, -0.2) is 90.9 Å². The number of nitrogens with zero attached hydrogens (tertiary/aromatic N) is 1. The minimum Gasteiger partial charge on any atom is -0.494 e. The average Bonchev–Trinajstić information content (AvgIpc) is 2.82. The molecule has 0 aliphatic carbocycles. The maximum absolute atomic E-state index is 12.2. The molecule has 1 aromatic rings. The summed E-state index contributed by atoms with van der Waals surface area (Å²) in [5.41, 5.74) is 6.35. The number of halogens is 1. The number of imide groups is 1. The van der Waals surface area contributed by atoms with Crippen molar-refractivity contribution in [2.75, 3.05) is 83.3 Å². The second-order valence-electron chi connectivity index (χ2n) is 7.18. The number of nitrogens with one attached hydrogen (secondary N) is 2. The van der Waals surface area contributed by atoms with Crippen molar-refractivity contribution in [3.05, 3.63) is 18.2 Å². The quantitative estimate of drug-likeness (QED) is 0.256. The Labute approximate surface area is 211 Å². The predicted molar refractivity (Wildman–Crippen MR) is 131 cm³/mol. The van der Waals surface area contributed by atoms with E-state index in [0.717, 1.165) is 0 Å². The third-order valence-electron chi connectivity index (χ3n) is 4.66. The van der Waals surface area contributed by atoms with Crippen molar-refractivity contribution in [1.29, 1.82) is 0 Å². The van der Waals surface area contributed by atoms with Crippen LogP contribution in [0.4, 0.5) is 16.2 Å². The third kappa shape index (κ3) is 11.7. The summed E-state index contributed by atoms with van der Waals surface area (Å²) in [5.74, 6) is -0.128. The molecule has 13 heteroatoms. The van der Waals surface area contributed by atoms with Crippen molar-refractivity contribution in [2.24, 2.45) is 5.73 Å². The number of urea groups is 1. The number of methoxy groups -OCH3 is 1. The van der Waals surface area contributed by atoms with Crippen LogP contribution in [0.3, 0.4) is 0 Å². The minimum atomic E-state index is -0.507. The number of nitrogens with two attached hydrogens (primary N) is 1. The smallest absolute Gasteiger partial charge is 0.328 e. The lowest BCUT2D eigenvalue weighted by molar-refractivity contribution is -0.120. The molecule has 1 heterocycles. The number of hydrogen-bond acceptors (Lipinski definition) is 9. The summed E-state index contributed by atoms with van der Waals surface area (Å²) in [4.78, 5) is 37.0. The van der Waals surface area contributed by atoms with Gasteiger partial charge in [-0.15, -0.1) is 12.4 Å². The molecule has 1 aromatic carbocycles. The van der Waals surface area contributed by atoms with E-state index in [-0.39, 0.29) is 50.2 Å².